The maximum Gasteiger partial charge on any atom is 0.311 e. The first-order valence-corrected chi connectivity index (χ1v) is 9.78. The number of pyridine rings is 1. The molecule has 3 rings (SSSR count). The monoisotopic (exact) mass is 418 g/mol. The minimum Gasteiger partial charge on any atom is -0.507 e. The third-order valence-corrected chi connectivity index (χ3v) is 4.90. The van der Waals surface area contributed by atoms with Crippen LogP contribution in [0.25, 0.3) is 22.4 Å². The number of nitrogen functional groups attached to an aromatic ring is 1. The molecule has 0 spiro atoms. The van der Waals surface area contributed by atoms with Crippen molar-refractivity contribution in [2.75, 3.05) is 12.3 Å². The molecule has 2 aromatic carbocycles. The molecule has 0 bridgehead atoms. The highest BCUT2D eigenvalue weighted by Gasteiger charge is 2.23. The third-order valence-electron chi connectivity index (χ3n) is 4.90. The van der Waals surface area contributed by atoms with Gasteiger partial charge in [-0.05, 0) is 30.5 Å². The summed E-state index contributed by atoms with van der Waals surface area (Å²) in [6.45, 7) is 4.18. The van der Waals surface area contributed by atoms with Gasteiger partial charge in [-0.3, -0.25) is 10.1 Å². The Morgan fingerprint density at radius 1 is 1.23 bits per heavy atom. The Balaban J connectivity index is 2.19. The molecule has 8 heteroatoms. The van der Waals surface area contributed by atoms with Crippen molar-refractivity contribution in [3.8, 4) is 40.0 Å². The fraction of sp³-hybridized carbons (Fsp3) is 0.217. The van der Waals surface area contributed by atoms with Crippen molar-refractivity contribution >= 4 is 11.5 Å². The summed E-state index contributed by atoms with van der Waals surface area (Å²) in [4.78, 5) is 15.3. The van der Waals surface area contributed by atoms with E-state index in [1.165, 1.54) is 12.1 Å². The lowest BCUT2D eigenvalue weighted by Crippen LogP contribution is -2.02. The van der Waals surface area contributed by atoms with Crippen LogP contribution in [0.1, 0.15) is 30.9 Å². The molecular weight excluding hydrogens is 396 g/mol. The largest absolute Gasteiger partial charge is 0.507 e. The number of phenolic OH excluding ortho intramolecular Hbond substituents is 1. The molecule has 3 N–H and O–H groups in total. The first-order chi connectivity index (χ1) is 14.9. The maximum absolute atomic E-state index is 11.6. The van der Waals surface area contributed by atoms with Gasteiger partial charge in [0.25, 0.3) is 0 Å². The zero-order valence-electron chi connectivity index (χ0n) is 17.3. The summed E-state index contributed by atoms with van der Waals surface area (Å²) in [5, 5.41) is 31.8. The van der Waals surface area contributed by atoms with E-state index in [2.05, 4.69) is 11.1 Å². The molecule has 0 saturated carbocycles. The van der Waals surface area contributed by atoms with Gasteiger partial charge in [-0.1, -0.05) is 37.6 Å². The molecule has 31 heavy (non-hydrogen) atoms. The first-order valence-electron chi connectivity index (χ1n) is 9.78. The van der Waals surface area contributed by atoms with Gasteiger partial charge in [-0.2, -0.15) is 5.26 Å². The molecule has 0 atom stereocenters. The lowest BCUT2D eigenvalue weighted by molar-refractivity contribution is -0.385. The van der Waals surface area contributed by atoms with Crippen LogP contribution in [0.15, 0.2) is 42.5 Å². The van der Waals surface area contributed by atoms with Gasteiger partial charge in [0.1, 0.15) is 23.2 Å². The zero-order valence-corrected chi connectivity index (χ0v) is 17.3. The van der Waals surface area contributed by atoms with Crippen LogP contribution in [0.4, 0.5) is 11.5 Å². The lowest BCUT2D eigenvalue weighted by Gasteiger charge is -2.14. The van der Waals surface area contributed by atoms with Crippen LogP contribution in [-0.2, 0) is 0 Å². The summed E-state index contributed by atoms with van der Waals surface area (Å²) in [6.07, 6.45) is 1.60. The molecule has 0 saturated heterocycles. The fourth-order valence-electron chi connectivity index (χ4n) is 3.26. The molecule has 0 aliphatic heterocycles. The van der Waals surface area contributed by atoms with Crippen LogP contribution >= 0.6 is 0 Å². The minimum absolute atomic E-state index is 0.0135. The van der Waals surface area contributed by atoms with E-state index in [0.717, 1.165) is 24.0 Å². The Hall–Kier alpha value is -4.12. The third kappa shape index (κ3) is 4.41. The Labute approximate surface area is 179 Å². The number of nitriles is 1. The van der Waals surface area contributed by atoms with Crippen LogP contribution in [0.3, 0.4) is 0 Å². The summed E-state index contributed by atoms with van der Waals surface area (Å²) >= 11 is 0. The van der Waals surface area contributed by atoms with Gasteiger partial charge in [0.2, 0.25) is 5.75 Å². The molecule has 8 nitrogen and oxygen atoms in total. The van der Waals surface area contributed by atoms with Crippen molar-refractivity contribution in [3.05, 3.63) is 63.7 Å². The molecule has 3 aromatic rings. The molecule has 0 radical (unpaired) electrons. The summed E-state index contributed by atoms with van der Waals surface area (Å²) in [5.41, 5.74) is 8.54. The second kappa shape index (κ2) is 9.13. The SMILES string of the molecule is CCCCOc1cc(O)c(-c2cc(-c3ccccc3C)c(C#N)c(N)n2)cc1[N+](=O)[O-]. The number of benzene rings is 2. The normalized spacial score (nSPS) is 10.5. The quantitative estimate of drug-likeness (QED) is 0.314. The molecule has 0 aliphatic rings. The number of nitrogens with zero attached hydrogens (tertiary/aromatic N) is 3. The Kier molecular flexibility index (Phi) is 6.36. The number of ether oxygens (including phenoxy) is 1. The van der Waals surface area contributed by atoms with Gasteiger partial charge in [0.05, 0.1) is 17.2 Å². The van der Waals surface area contributed by atoms with Crippen LogP contribution in [-0.4, -0.2) is 21.6 Å². The number of rotatable bonds is 7. The number of hydrogen-bond acceptors (Lipinski definition) is 7. The number of hydrogen-bond donors (Lipinski definition) is 2. The average molecular weight is 418 g/mol. The number of unbranched alkanes of at least 4 members (excludes halogenated alkanes) is 1. The highest BCUT2D eigenvalue weighted by Crippen LogP contribution is 2.41. The van der Waals surface area contributed by atoms with Crippen molar-refractivity contribution in [1.29, 1.82) is 5.26 Å². The number of aromatic hydroxyl groups is 1. The molecule has 0 unspecified atom stereocenters. The van der Waals surface area contributed by atoms with E-state index in [-0.39, 0.29) is 39.8 Å². The van der Waals surface area contributed by atoms with E-state index in [4.69, 9.17) is 10.5 Å². The van der Waals surface area contributed by atoms with Gasteiger partial charge >= 0.3 is 5.69 Å². The van der Waals surface area contributed by atoms with Gasteiger partial charge < -0.3 is 15.6 Å². The second-order valence-electron chi connectivity index (χ2n) is 7.04. The highest BCUT2D eigenvalue weighted by atomic mass is 16.6. The number of nitro groups is 1. The fourth-order valence-corrected chi connectivity index (χ4v) is 3.26. The second-order valence-corrected chi connectivity index (χ2v) is 7.04. The average Bonchev–Trinajstić information content (AvgIpc) is 2.73. The number of anilines is 1. The molecular formula is C23H22N4O4. The highest BCUT2D eigenvalue weighted by molar-refractivity contribution is 5.83. The van der Waals surface area contributed by atoms with E-state index in [9.17, 15) is 20.5 Å². The van der Waals surface area contributed by atoms with E-state index < -0.39 is 4.92 Å². The summed E-state index contributed by atoms with van der Waals surface area (Å²) in [6, 6.07) is 13.6. The standard InChI is InChI=1S/C23H22N4O4/c1-3-4-9-31-22-12-21(28)17(11-20(22)27(29)30)19-10-16(18(13-24)23(25)26-19)15-8-6-5-7-14(15)2/h5-8,10-12,28H,3-4,9H2,1-2H3,(H2,25,26). The van der Waals surface area contributed by atoms with Crippen molar-refractivity contribution in [2.45, 2.75) is 26.7 Å². The molecule has 158 valence electrons. The molecule has 1 aromatic heterocycles. The maximum atomic E-state index is 11.6. The Bertz CT molecular complexity index is 1180. The molecule has 1 heterocycles. The predicted molar refractivity (Wildman–Crippen MR) is 118 cm³/mol. The van der Waals surface area contributed by atoms with Gasteiger partial charge in [0, 0.05) is 23.3 Å². The van der Waals surface area contributed by atoms with Gasteiger partial charge in [0.15, 0.2) is 0 Å². The Morgan fingerprint density at radius 3 is 2.61 bits per heavy atom. The van der Waals surface area contributed by atoms with Crippen LogP contribution < -0.4 is 10.5 Å². The number of nitrogens with two attached hydrogens (primary N) is 1. The minimum atomic E-state index is -0.570. The first kappa shape index (κ1) is 21.6. The van der Waals surface area contributed by atoms with E-state index in [0.29, 0.717) is 12.2 Å². The van der Waals surface area contributed by atoms with E-state index >= 15 is 0 Å². The molecule has 0 amide bonds. The van der Waals surface area contributed by atoms with E-state index in [1.54, 1.807) is 6.07 Å². The number of aromatic nitrogens is 1. The van der Waals surface area contributed by atoms with Crippen molar-refractivity contribution in [1.82, 2.24) is 4.98 Å². The zero-order chi connectivity index (χ0) is 22.5. The molecule has 0 fully saturated rings. The predicted octanol–water partition coefficient (Wildman–Crippen LogP) is 4.97. The number of nitro benzene ring substituents is 1. The van der Waals surface area contributed by atoms with Crippen molar-refractivity contribution < 1.29 is 14.8 Å². The topological polar surface area (TPSA) is 135 Å². The molecule has 0 aliphatic carbocycles. The Morgan fingerprint density at radius 2 is 1.97 bits per heavy atom. The smallest absolute Gasteiger partial charge is 0.311 e. The van der Waals surface area contributed by atoms with Crippen LogP contribution in [0, 0.1) is 28.4 Å². The lowest BCUT2D eigenvalue weighted by atomic mass is 9.95. The van der Waals surface area contributed by atoms with Crippen LogP contribution in [0.5, 0.6) is 11.5 Å². The van der Waals surface area contributed by atoms with E-state index in [1.807, 2.05) is 38.1 Å². The summed E-state index contributed by atoms with van der Waals surface area (Å²) in [5.74, 6) is -0.270. The number of aryl methyl sites for hydroxylation is 1. The van der Waals surface area contributed by atoms with Gasteiger partial charge in [-0.25, -0.2) is 4.98 Å². The van der Waals surface area contributed by atoms with Crippen LogP contribution in [0.2, 0.25) is 0 Å². The van der Waals surface area contributed by atoms with Gasteiger partial charge in [-0.15, -0.1) is 0 Å². The van der Waals surface area contributed by atoms with Crippen molar-refractivity contribution in [3.63, 3.8) is 0 Å². The van der Waals surface area contributed by atoms with Crippen molar-refractivity contribution in [2.24, 2.45) is 0 Å². The summed E-state index contributed by atoms with van der Waals surface area (Å²) < 4.78 is 5.49. The summed E-state index contributed by atoms with van der Waals surface area (Å²) in [7, 11) is 0. The number of phenols is 1.